The van der Waals surface area contributed by atoms with E-state index in [1.54, 1.807) is 0 Å². The smallest absolute Gasteiger partial charge is 0.00886 e. The van der Waals surface area contributed by atoms with Gasteiger partial charge in [-0.2, -0.15) is 0 Å². The van der Waals surface area contributed by atoms with Gasteiger partial charge in [-0.05, 0) is 12.8 Å². The minimum atomic E-state index is 0.945. The van der Waals surface area contributed by atoms with E-state index >= 15 is 0 Å². The highest BCUT2D eigenvalue weighted by Crippen LogP contribution is 1.96. The van der Waals surface area contributed by atoms with Crippen molar-refractivity contribution in [2.45, 2.75) is 45.4 Å². The summed E-state index contributed by atoms with van der Waals surface area (Å²) < 4.78 is 0. The van der Waals surface area contributed by atoms with Crippen molar-refractivity contribution in [3.8, 4) is 11.8 Å². The van der Waals surface area contributed by atoms with Crippen LogP contribution in [0.5, 0.6) is 0 Å². The van der Waals surface area contributed by atoms with Crippen molar-refractivity contribution >= 4 is 0 Å². The van der Waals surface area contributed by atoms with Gasteiger partial charge in [-0.1, -0.05) is 26.7 Å². The van der Waals surface area contributed by atoms with Gasteiger partial charge < -0.3 is 0 Å². The molecule has 57 valence electrons. The minimum Gasteiger partial charge on any atom is -0.103 e. The van der Waals surface area contributed by atoms with Crippen LogP contribution in [0.4, 0.5) is 0 Å². The molecule has 0 nitrogen and oxygen atoms in total. The third-order valence-corrected chi connectivity index (χ3v) is 1.33. The molecule has 0 aromatic carbocycles. The second kappa shape index (κ2) is 8.56. The summed E-state index contributed by atoms with van der Waals surface area (Å²) in [5.41, 5.74) is 0. The Labute approximate surface area is 65.0 Å². The number of hydrogen-bond acceptors (Lipinski definition) is 0. The summed E-state index contributed by atoms with van der Waals surface area (Å²) in [6.45, 7) is 5.93. The van der Waals surface area contributed by atoms with Crippen molar-refractivity contribution < 1.29 is 0 Å². The molecule has 0 bridgehead atoms. The molecule has 0 aliphatic carbocycles. The molecule has 1 radical (unpaired) electrons. The largest absolute Gasteiger partial charge is 0.103 e. The molecule has 0 spiro atoms. The molecule has 0 fully saturated rings. The van der Waals surface area contributed by atoms with Crippen LogP contribution in [0.1, 0.15) is 45.4 Å². The van der Waals surface area contributed by atoms with Crippen LogP contribution < -0.4 is 0 Å². The predicted octanol–water partition coefficient (Wildman–Crippen LogP) is 3.18. The Balaban J connectivity index is 2.96. The van der Waals surface area contributed by atoms with Crippen LogP contribution >= 0.6 is 0 Å². The first-order valence-electron chi connectivity index (χ1n) is 4.16. The fourth-order valence-corrected chi connectivity index (χ4v) is 0.729. The van der Waals surface area contributed by atoms with Crippen LogP contribution in [0.15, 0.2) is 0 Å². The highest BCUT2D eigenvalue weighted by atomic mass is 13.8. The Bertz CT molecular complexity index is 103. The number of unbranched alkanes of at least 4 members (excludes halogenated alkanes) is 4. The lowest BCUT2D eigenvalue weighted by molar-refractivity contribution is 0.737. The molecule has 0 N–H and O–H groups in total. The molecule has 0 amide bonds. The normalized spacial score (nSPS) is 8.60. The standard InChI is InChI=1S/C10H17/c1-3-5-7-9-10-8-6-4-2/h1,3-6,8,10H2,2H3. The van der Waals surface area contributed by atoms with E-state index in [4.69, 9.17) is 0 Å². The summed E-state index contributed by atoms with van der Waals surface area (Å²) in [6, 6.07) is 0. The van der Waals surface area contributed by atoms with Crippen molar-refractivity contribution in [1.29, 1.82) is 0 Å². The lowest BCUT2D eigenvalue weighted by Gasteiger charge is -1.87. The molecule has 0 atom stereocenters. The SMILES string of the molecule is [CH2]CCC#CCCCCC. The van der Waals surface area contributed by atoms with E-state index < -0.39 is 0 Å². The van der Waals surface area contributed by atoms with E-state index in [-0.39, 0.29) is 0 Å². The molecular weight excluding hydrogens is 120 g/mol. The fraction of sp³-hybridized carbons (Fsp3) is 0.700. The van der Waals surface area contributed by atoms with Gasteiger partial charge in [0.2, 0.25) is 0 Å². The van der Waals surface area contributed by atoms with Gasteiger partial charge in [0.1, 0.15) is 0 Å². The van der Waals surface area contributed by atoms with E-state index in [0.29, 0.717) is 0 Å². The molecule has 0 saturated heterocycles. The Kier molecular flexibility index (Phi) is 8.18. The van der Waals surface area contributed by atoms with E-state index in [1.807, 2.05) is 0 Å². The zero-order chi connectivity index (χ0) is 7.66. The molecule has 0 aromatic rings. The molecule has 10 heavy (non-hydrogen) atoms. The third-order valence-electron chi connectivity index (χ3n) is 1.33. The van der Waals surface area contributed by atoms with Gasteiger partial charge in [0.05, 0.1) is 0 Å². The zero-order valence-corrected chi connectivity index (χ0v) is 6.95. The number of rotatable bonds is 4. The van der Waals surface area contributed by atoms with E-state index in [0.717, 1.165) is 19.3 Å². The monoisotopic (exact) mass is 137 g/mol. The number of hydrogen-bond donors (Lipinski definition) is 0. The van der Waals surface area contributed by atoms with Crippen molar-refractivity contribution in [1.82, 2.24) is 0 Å². The maximum Gasteiger partial charge on any atom is 0.00886 e. The molecule has 0 aromatic heterocycles. The maximum atomic E-state index is 3.72. The van der Waals surface area contributed by atoms with Crippen LogP contribution in [0.2, 0.25) is 0 Å². The summed E-state index contributed by atoms with van der Waals surface area (Å²) in [6.07, 6.45) is 6.86. The quantitative estimate of drug-likeness (QED) is 0.412. The van der Waals surface area contributed by atoms with Gasteiger partial charge in [0.15, 0.2) is 0 Å². The fourth-order valence-electron chi connectivity index (χ4n) is 0.729. The van der Waals surface area contributed by atoms with Gasteiger partial charge in [-0.3, -0.25) is 0 Å². The van der Waals surface area contributed by atoms with Crippen molar-refractivity contribution in [3.05, 3.63) is 6.92 Å². The summed E-state index contributed by atoms with van der Waals surface area (Å²) >= 11 is 0. The molecule has 0 aliphatic heterocycles. The summed E-state index contributed by atoms with van der Waals surface area (Å²) in [7, 11) is 0. The van der Waals surface area contributed by atoms with Gasteiger partial charge >= 0.3 is 0 Å². The van der Waals surface area contributed by atoms with E-state index in [2.05, 4.69) is 25.7 Å². The Morgan fingerprint density at radius 1 is 1.10 bits per heavy atom. The van der Waals surface area contributed by atoms with Crippen LogP contribution in [0.25, 0.3) is 0 Å². The lowest BCUT2D eigenvalue weighted by Crippen LogP contribution is -1.71. The molecule has 0 rings (SSSR count). The highest BCUT2D eigenvalue weighted by molar-refractivity contribution is 4.98. The first-order chi connectivity index (χ1) is 4.91. The second-order valence-electron chi connectivity index (χ2n) is 2.41. The highest BCUT2D eigenvalue weighted by Gasteiger charge is 1.79. The first kappa shape index (κ1) is 9.56. The first-order valence-corrected chi connectivity index (χ1v) is 4.16. The Hall–Kier alpha value is -0.440. The Morgan fingerprint density at radius 2 is 1.80 bits per heavy atom. The van der Waals surface area contributed by atoms with Gasteiger partial charge in [-0.25, -0.2) is 0 Å². The predicted molar refractivity (Wildman–Crippen MR) is 46.5 cm³/mol. The van der Waals surface area contributed by atoms with Crippen molar-refractivity contribution in [3.63, 3.8) is 0 Å². The average molecular weight is 137 g/mol. The van der Waals surface area contributed by atoms with E-state index in [1.165, 1.54) is 19.3 Å². The Morgan fingerprint density at radius 3 is 2.40 bits per heavy atom. The van der Waals surface area contributed by atoms with Gasteiger partial charge in [0.25, 0.3) is 0 Å². The van der Waals surface area contributed by atoms with Crippen LogP contribution in [-0.4, -0.2) is 0 Å². The van der Waals surface area contributed by atoms with Crippen LogP contribution in [0.3, 0.4) is 0 Å². The van der Waals surface area contributed by atoms with Crippen LogP contribution in [-0.2, 0) is 0 Å². The molecular formula is C10H17. The maximum absolute atomic E-state index is 3.72. The zero-order valence-electron chi connectivity index (χ0n) is 6.95. The van der Waals surface area contributed by atoms with Crippen LogP contribution in [0, 0.1) is 18.8 Å². The molecule has 0 heteroatoms. The molecule has 0 aliphatic rings. The van der Waals surface area contributed by atoms with Crippen molar-refractivity contribution in [2.24, 2.45) is 0 Å². The van der Waals surface area contributed by atoms with Crippen molar-refractivity contribution in [2.75, 3.05) is 0 Å². The van der Waals surface area contributed by atoms with Gasteiger partial charge in [0, 0.05) is 12.8 Å². The molecule has 0 unspecified atom stereocenters. The minimum absolute atomic E-state index is 0.945. The van der Waals surface area contributed by atoms with Gasteiger partial charge in [-0.15, -0.1) is 11.8 Å². The third kappa shape index (κ3) is 7.56. The lowest BCUT2D eigenvalue weighted by atomic mass is 10.2. The second-order valence-corrected chi connectivity index (χ2v) is 2.41. The summed E-state index contributed by atoms with van der Waals surface area (Å²) in [5.74, 6) is 6.21. The summed E-state index contributed by atoms with van der Waals surface area (Å²) in [5, 5.41) is 0. The van der Waals surface area contributed by atoms with E-state index in [9.17, 15) is 0 Å². The summed E-state index contributed by atoms with van der Waals surface area (Å²) in [4.78, 5) is 0. The topological polar surface area (TPSA) is 0 Å². The average Bonchev–Trinajstić information content (AvgIpc) is 1.97. The molecule has 0 saturated carbocycles. The molecule has 0 heterocycles.